The fourth-order valence-corrected chi connectivity index (χ4v) is 10.6. The fourth-order valence-electron chi connectivity index (χ4n) is 10.6. The van der Waals surface area contributed by atoms with Crippen molar-refractivity contribution in [3.63, 3.8) is 0 Å². The second kappa shape index (κ2) is 10.5. The lowest BCUT2D eigenvalue weighted by Crippen LogP contribution is -2.62. The Hall–Kier alpha value is -0.870. The van der Waals surface area contributed by atoms with E-state index in [1.165, 1.54) is 70.6 Å². The topological polar surface area (TPSA) is 66.8 Å². The summed E-state index contributed by atoms with van der Waals surface area (Å²) in [5, 5.41) is 19.8. The van der Waals surface area contributed by atoms with E-state index < -0.39 is 12.6 Å². The highest BCUT2D eigenvalue weighted by Gasteiger charge is 2.64. The van der Waals surface area contributed by atoms with E-state index in [1.807, 2.05) is 6.92 Å². The zero-order valence-corrected chi connectivity index (χ0v) is 22.9. The Morgan fingerprint density at radius 2 is 1.60 bits per heavy atom. The van der Waals surface area contributed by atoms with Gasteiger partial charge in [-0.05, 0) is 117 Å². The first kappa shape index (κ1) is 27.2. The second-order valence-corrected chi connectivity index (χ2v) is 13.5. The molecule has 0 aliphatic heterocycles. The Balaban J connectivity index is 0.000000917. The van der Waals surface area contributed by atoms with E-state index in [0.29, 0.717) is 35.2 Å². The van der Waals surface area contributed by atoms with Crippen LogP contribution in [0, 0.1) is 51.8 Å². The molecular formula is C31H52O4. The van der Waals surface area contributed by atoms with Crippen molar-refractivity contribution in [2.24, 2.45) is 51.8 Å². The minimum Gasteiger partial charge on any atom is -0.463 e. The van der Waals surface area contributed by atoms with E-state index in [4.69, 9.17) is 4.74 Å². The quantitative estimate of drug-likeness (QED) is 0.350. The normalized spacial score (nSPS) is 48.6. The molecule has 0 bridgehead atoms. The van der Waals surface area contributed by atoms with Crippen LogP contribution >= 0.6 is 0 Å². The van der Waals surface area contributed by atoms with Gasteiger partial charge in [0.2, 0.25) is 0 Å². The van der Waals surface area contributed by atoms with E-state index >= 15 is 0 Å². The maximum atomic E-state index is 11.8. The number of carbonyl (C=O) groups is 1. The highest BCUT2D eigenvalue weighted by molar-refractivity contribution is 5.70. The van der Waals surface area contributed by atoms with Gasteiger partial charge in [-0.15, -0.1) is 6.58 Å². The number of hydrogen-bond donors (Lipinski definition) is 2. The van der Waals surface area contributed by atoms with Crippen molar-refractivity contribution >= 4 is 5.97 Å². The number of hydrogen-bond acceptors (Lipinski definition) is 4. The van der Waals surface area contributed by atoms with Gasteiger partial charge in [0, 0.05) is 5.41 Å². The van der Waals surface area contributed by atoms with Gasteiger partial charge >= 0.3 is 5.97 Å². The number of rotatable bonds is 3. The molecule has 5 aliphatic rings. The summed E-state index contributed by atoms with van der Waals surface area (Å²) in [6.07, 6.45) is 16.7. The van der Waals surface area contributed by atoms with Crippen LogP contribution in [0.2, 0.25) is 0 Å². The van der Waals surface area contributed by atoms with Crippen LogP contribution in [0.5, 0.6) is 0 Å². The van der Waals surface area contributed by atoms with Crippen molar-refractivity contribution < 1.29 is 19.7 Å². The Kier molecular flexibility index (Phi) is 8.14. The largest absolute Gasteiger partial charge is 0.463 e. The van der Waals surface area contributed by atoms with Crippen molar-refractivity contribution in [1.29, 1.82) is 0 Å². The van der Waals surface area contributed by atoms with E-state index in [-0.39, 0.29) is 11.5 Å². The predicted molar refractivity (Wildman–Crippen MR) is 141 cm³/mol. The second-order valence-electron chi connectivity index (χ2n) is 13.5. The van der Waals surface area contributed by atoms with E-state index in [1.54, 1.807) is 6.08 Å². The first-order chi connectivity index (χ1) is 16.7. The van der Waals surface area contributed by atoms with Gasteiger partial charge in [0.15, 0.2) is 0 Å². The summed E-state index contributed by atoms with van der Waals surface area (Å²) in [5.41, 5.74) is 0.952. The highest BCUT2D eigenvalue weighted by Crippen LogP contribution is 2.71. The van der Waals surface area contributed by atoms with Crippen molar-refractivity contribution in [2.45, 2.75) is 111 Å². The Morgan fingerprint density at radius 1 is 0.943 bits per heavy atom. The van der Waals surface area contributed by atoms with Crippen LogP contribution in [0.4, 0.5) is 0 Å². The molecule has 5 saturated carbocycles. The smallest absolute Gasteiger partial charge is 0.331 e. The molecule has 0 aromatic heterocycles. The average Bonchev–Trinajstić information content (AvgIpc) is 2.85. The fraction of sp³-hybridized carbons (Fsp3) is 0.903. The number of aliphatic hydroxyl groups is 2. The van der Waals surface area contributed by atoms with E-state index in [0.717, 1.165) is 24.2 Å². The van der Waals surface area contributed by atoms with Gasteiger partial charge in [-0.1, -0.05) is 39.7 Å². The monoisotopic (exact) mass is 488 g/mol. The summed E-state index contributed by atoms with van der Waals surface area (Å²) in [7, 11) is 0. The molecule has 0 spiro atoms. The van der Waals surface area contributed by atoms with Crippen LogP contribution in [0.25, 0.3) is 0 Å². The molecule has 0 amide bonds. The van der Waals surface area contributed by atoms with Gasteiger partial charge in [0.1, 0.15) is 6.61 Å². The lowest BCUT2D eigenvalue weighted by atomic mass is 9.37. The molecule has 0 aromatic carbocycles. The number of aliphatic hydroxyl groups excluding tert-OH is 2. The van der Waals surface area contributed by atoms with Gasteiger partial charge in [0.25, 0.3) is 0 Å². The van der Waals surface area contributed by atoms with Crippen LogP contribution in [-0.2, 0) is 9.53 Å². The summed E-state index contributed by atoms with van der Waals surface area (Å²) in [5.74, 6) is 3.69. The van der Waals surface area contributed by atoms with Crippen LogP contribution in [0.3, 0.4) is 0 Å². The van der Waals surface area contributed by atoms with Crippen molar-refractivity contribution in [3.8, 4) is 0 Å². The number of allylic oxidation sites excluding steroid dienone is 1. The van der Waals surface area contributed by atoms with Crippen molar-refractivity contribution in [1.82, 2.24) is 0 Å². The standard InChI is InChI=1S/C28H46O4.C3H6/c1-18-20-9-13-27(3)21-10-15-28(17-32-25(31)16-29)12-5-4-6-22(28)19(21)7-8-24(27)26(20,2)14-11-23(18)30;1-3-2/h18-24,29-30H,4-17H2,1-3H3;3H,1H2,2H3. The maximum Gasteiger partial charge on any atom is 0.331 e. The minimum atomic E-state index is -0.501. The highest BCUT2D eigenvalue weighted by atomic mass is 16.5. The number of fused-ring (bicyclic) bond motifs is 7. The van der Waals surface area contributed by atoms with Gasteiger partial charge in [-0.3, -0.25) is 0 Å². The minimum absolute atomic E-state index is 0.104. The average molecular weight is 489 g/mol. The Bertz CT molecular complexity index is 765. The van der Waals surface area contributed by atoms with Crippen molar-refractivity contribution in [2.75, 3.05) is 13.2 Å². The predicted octanol–water partition coefficient (Wildman–Crippen LogP) is 6.54. The molecule has 5 aliphatic carbocycles. The zero-order valence-electron chi connectivity index (χ0n) is 22.9. The molecule has 0 radical (unpaired) electrons. The van der Waals surface area contributed by atoms with E-state index in [2.05, 4.69) is 27.4 Å². The van der Waals surface area contributed by atoms with Gasteiger partial charge in [0.05, 0.1) is 12.7 Å². The molecule has 35 heavy (non-hydrogen) atoms. The summed E-state index contributed by atoms with van der Waals surface area (Å²) in [6.45, 7) is 12.8. The number of ether oxygens (including phenoxy) is 1. The molecule has 0 heterocycles. The molecule has 10 atom stereocenters. The lowest BCUT2D eigenvalue weighted by molar-refractivity contribution is -0.207. The molecule has 5 fully saturated rings. The van der Waals surface area contributed by atoms with Gasteiger partial charge < -0.3 is 14.9 Å². The zero-order chi connectivity index (χ0) is 25.4. The van der Waals surface area contributed by atoms with Crippen LogP contribution in [0.15, 0.2) is 12.7 Å². The van der Waals surface area contributed by atoms with Gasteiger partial charge in [-0.2, -0.15) is 0 Å². The summed E-state index contributed by atoms with van der Waals surface area (Å²) in [6, 6.07) is 0. The van der Waals surface area contributed by atoms with Crippen LogP contribution in [-0.4, -0.2) is 35.5 Å². The Morgan fingerprint density at radius 3 is 2.31 bits per heavy atom. The molecule has 0 aromatic rings. The molecule has 5 rings (SSSR count). The number of carbonyl (C=O) groups excluding carboxylic acids is 1. The first-order valence-corrected chi connectivity index (χ1v) is 14.7. The van der Waals surface area contributed by atoms with Crippen LogP contribution in [0.1, 0.15) is 105 Å². The summed E-state index contributed by atoms with van der Waals surface area (Å²) >= 11 is 0. The maximum absolute atomic E-state index is 11.8. The molecule has 10 unspecified atom stereocenters. The molecule has 200 valence electrons. The molecule has 4 heteroatoms. The Labute approximate surface area is 214 Å². The van der Waals surface area contributed by atoms with Crippen molar-refractivity contribution in [3.05, 3.63) is 12.7 Å². The van der Waals surface area contributed by atoms with E-state index in [9.17, 15) is 15.0 Å². The third kappa shape index (κ3) is 4.54. The molecular weight excluding hydrogens is 436 g/mol. The van der Waals surface area contributed by atoms with Gasteiger partial charge in [-0.25, -0.2) is 4.79 Å². The SMILES string of the molecule is C=CC.CC1C(O)CCC2(C)C1CCC1(C)C3CCC4(COC(=O)CO)CCCCC4C3CCC21. The van der Waals surface area contributed by atoms with Crippen LogP contribution < -0.4 is 0 Å². The molecule has 2 N–H and O–H groups in total. The molecule has 4 nitrogen and oxygen atoms in total. The first-order valence-electron chi connectivity index (χ1n) is 14.7. The summed E-state index contributed by atoms with van der Waals surface area (Å²) < 4.78 is 5.60. The summed E-state index contributed by atoms with van der Waals surface area (Å²) in [4.78, 5) is 11.8. The third-order valence-electron chi connectivity index (χ3n) is 12.2. The molecule has 0 saturated heterocycles. The lowest BCUT2D eigenvalue weighted by Gasteiger charge is -2.68. The number of esters is 1. The third-order valence-corrected chi connectivity index (χ3v) is 12.2.